The van der Waals surface area contributed by atoms with Crippen LogP contribution in [-0.2, 0) is 0 Å². The highest BCUT2D eigenvalue weighted by Crippen LogP contribution is 2.28. The van der Waals surface area contributed by atoms with Gasteiger partial charge in [0.25, 0.3) is 0 Å². The third-order valence-electron chi connectivity index (χ3n) is 1.72. The molecule has 0 aliphatic carbocycles. The van der Waals surface area contributed by atoms with Crippen LogP contribution in [0.15, 0.2) is 10.5 Å². The summed E-state index contributed by atoms with van der Waals surface area (Å²) in [7, 11) is 0. The van der Waals surface area contributed by atoms with Crippen LogP contribution in [-0.4, -0.2) is 11.7 Å². The Labute approximate surface area is 86.7 Å². The molecule has 0 bridgehead atoms. The summed E-state index contributed by atoms with van der Waals surface area (Å²) in [4.78, 5) is 0. The summed E-state index contributed by atoms with van der Waals surface area (Å²) < 4.78 is 38.5. The van der Waals surface area contributed by atoms with Crippen LogP contribution in [0.4, 0.5) is 13.2 Å². The summed E-state index contributed by atoms with van der Waals surface area (Å²) in [5, 5.41) is 8.63. The molecule has 0 radical (unpaired) electrons. The van der Waals surface area contributed by atoms with Crippen molar-refractivity contribution in [2.45, 2.75) is 6.04 Å². The van der Waals surface area contributed by atoms with Crippen molar-refractivity contribution in [1.29, 1.82) is 0 Å². The molecule has 1 atom stereocenters. The molecule has 3 N–H and O–H groups in total. The Morgan fingerprint density at radius 2 is 1.93 bits per heavy atom. The minimum Gasteiger partial charge on any atom is -0.394 e. The SMILES string of the molecule is NC(CO)c1c(F)cc(F)c(Br)c1F. The molecule has 0 aliphatic rings. The number of aliphatic hydroxyl groups excluding tert-OH is 1. The number of rotatable bonds is 2. The van der Waals surface area contributed by atoms with Gasteiger partial charge in [0, 0.05) is 11.6 Å². The lowest BCUT2D eigenvalue weighted by Gasteiger charge is -2.12. The Morgan fingerprint density at radius 1 is 1.36 bits per heavy atom. The zero-order chi connectivity index (χ0) is 10.9. The lowest BCUT2D eigenvalue weighted by Crippen LogP contribution is -2.18. The Morgan fingerprint density at radius 3 is 2.43 bits per heavy atom. The summed E-state index contributed by atoms with van der Waals surface area (Å²) in [6.45, 7) is -0.619. The van der Waals surface area contributed by atoms with E-state index < -0.39 is 40.1 Å². The van der Waals surface area contributed by atoms with Crippen LogP contribution in [0.3, 0.4) is 0 Å². The van der Waals surface area contributed by atoms with E-state index in [0.29, 0.717) is 6.07 Å². The van der Waals surface area contributed by atoms with Crippen LogP contribution >= 0.6 is 15.9 Å². The quantitative estimate of drug-likeness (QED) is 0.636. The molecule has 0 fully saturated rings. The van der Waals surface area contributed by atoms with Crippen LogP contribution in [0.25, 0.3) is 0 Å². The molecule has 6 heteroatoms. The Bertz CT molecular complexity index is 359. The van der Waals surface area contributed by atoms with Crippen LogP contribution in [0, 0.1) is 17.5 Å². The summed E-state index contributed by atoms with van der Waals surface area (Å²) in [6, 6.07) is -0.690. The molecule has 0 saturated carbocycles. The fourth-order valence-corrected chi connectivity index (χ4v) is 1.34. The van der Waals surface area contributed by atoms with E-state index >= 15 is 0 Å². The Hall–Kier alpha value is -0.590. The summed E-state index contributed by atoms with van der Waals surface area (Å²) in [5.41, 5.74) is 4.71. The molecule has 14 heavy (non-hydrogen) atoms. The van der Waals surface area contributed by atoms with E-state index in [1.165, 1.54) is 0 Å². The van der Waals surface area contributed by atoms with Crippen LogP contribution in [0.2, 0.25) is 0 Å². The highest BCUT2D eigenvalue weighted by molar-refractivity contribution is 9.10. The monoisotopic (exact) mass is 269 g/mol. The molecule has 0 heterocycles. The van der Waals surface area contributed by atoms with Gasteiger partial charge < -0.3 is 10.8 Å². The molecular weight excluding hydrogens is 263 g/mol. The second kappa shape index (κ2) is 4.29. The zero-order valence-electron chi connectivity index (χ0n) is 6.90. The van der Waals surface area contributed by atoms with E-state index in [9.17, 15) is 13.2 Å². The van der Waals surface area contributed by atoms with E-state index in [0.717, 1.165) is 0 Å². The van der Waals surface area contributed by atoms with Crippen molar-refractivity contribution in [2.24, 2.45) is 5.73 Å². The molecule has 0 aromatic heterocycles. The Balaban J connectivity index is 3.36. The van der Waals surface area contributed by atoms with Gasteiger partial charge in [-0.3, -0.25) is 0 Å². The topological polar surface area (TPSA) is 46.2 Å². The molecule has 0 saturated heterocycles. The summed E-state index contributed by atoms with van der Waals surface area (Å²) in [5.74, 6) is -3.28. The van der Waals surface area contributed by atoms with Gasteiger partial charge in [0.05, 0.1) is 17.1 Å². The minimum atomic E-state index is -1.20. The second-order valence-corrected chi connectivity index (χ2v) is 3.46. The normalized spacial score (nSPS) is 13.0. The van der Waals surface area contributed by atoms with Gasteiger partial charge in [-0.1, -0.05) is 0 Å². The molecule has 0 aliphatic heterocycles. The predicted octanol–water partition coefficient (Wildman–Crippen LogP) is 1.86. The van der Waals surface area contributed by atoms with Crippen molar-refractivity contribution < 1.29 is 18.3 Å². The molecular formula is C8H7BrF3NO. The molecule has 1 unspecified atom stereocenters. The zero-order valence-corrected chi connectivity index (χ0v) is 8.48. The number of hydrogen-bond donors (Lipinski definition) is 2. The van der Waals surface area contributed by atoms with Crippen molar-refractivity contribution >= 4 is 15.9 Å². The third kappa shape index (κ3) is 1.92. The van der Waals surface area contributed by atoms with Gasteiger partial charge in [-0.2, -0.15) is 0 Å². The van der Waals surface area contributed by atoms with Gasteiger partial charge in [-0.25, -0.2) is 13.2 Å². The lowest BCUT2D eigenvalue weighted by molar-refractivity contribution is 0.261. The van der Waals surface area contributed by atoms with Crippen LogP contribution < -0.4 is 5.73 Å². The standard InChI is InChI=1S/C8H7BrF3NO/c9-7-4(11)1-3(10)6(8(7)12)5(13)2-14/h1,5,14H,2,13H2. The van der Waals surface area contributed by atoms with E-state index in [2.05, 4.69) is 15.9 Å². The highest BCUT2D eigenvalue weighted by Gasteiger charge is 2.21. The highest BCUT2D eigenvalue weighted by atomic mass is 79.9. The first-order valence-corrected chi connectivity index (χ1v) is 4.47. The number of halogens is 4. The smallest absolute Gasteiger partial charge is 0.148 e. The van der Waals surface area contributed by atoms with Crippen LogP contribution in [0.1, 0.15) is 11.6 Å². The molecule has 1 aromatic rings. The van der Waals surface area contributed by atoms with Gasteiger partial charge in [0.1, 0.15) is 17.5 Å². The number of aliphatic hydroxyl groups is 1. The van der Waals surface area contributed by atoms with Gasteiger partial charge in [0.2, 0.25) is 0 Å². The van der Waals surface area contributed by atoms with Crippen molar-refractivity contribution in [3.05, 3.63) is 33.6 Å². The maximum atomic E-state index is 13.2. The van der Waals surface area contributed by atoms with Crippen molar-refractivity contribution in [3.63, 3.8) is 0 Å². The third-order valence-corrected chi connectivity index (χ3v) is 2.44. The van der Waals surface area contributed by atoms with Crippen LogP contribution in [0.5, 0.6) is 0 Å². The second-order valence-electron chi connectivity index (χ2n) is 2.67. The fourth-order valence-electron chi connectivity index (χ4n) is 1.01. The van der Waals surface area contributed by atoms with Crippen molar-refractivity contribution in [2.75, 3.05) is 6.61 Å². The van der Waals surface area contributed by atoms with E-state index in [1.807, 2.05) is 0 Å². The maximum Gasteiger partial charge on any atom is 0.148 e. The van der Waals surface area contributed by atoms with E-state index in [4.69, 9.17) is 10.8 Å². The largest absolute Gasteiger partial charge is 0.394 e. The first kappa shape index (κ1) is 11.5. The minimum absolute atomic E-state index is 0.488. The van der Waals surface area contributed by atoms with E-state index in [-0.39, 0.29) is 0 Å². The average molecular weight is 270 g/mol. The molecule has 0 amide bonds. The Kier molecular flexibility index (Phi) is 3.52. The number of nitrogens with two attached hydrogens (primary N) is 1. The fraction of sp³-hybridized carbons (Fsp3) is 0.250. The maximum absolute atomic E-state index is 13.2. The summed E-state index contributed by atoms with van der Waals surface area (Å²) in [6.07, 6.45) is 0. The predicted molar refractivity (Wildman–Crippen MR) is 48.0 cm³/mol. The molecule has 78 valence electrons. The summed E-state index contributed by atoms with van der Waals surface area (Å²) >= 11 is 2.61. The van der Waals surface area contributed by atoms with Crippen molar-refractivity contribution in [3.8, 4) is 0 Å². The lowest BCUT2D eigenvalue weighted by atomic mass is 10.1. The average Bonchev–Trinajstić information content (AvgIpc) is 2.14. The van der Waals surface area contributed by atoms with Gasteiger partial charge in [0.15, 0.2) is 0 Å². The van der Waals surface area contributed by atoms with Gasteiger partial charge in [-0.15, -0.1) is 0 Å². The van der Waals surface area contributed by atoms with Gasteiger partial charge >= 0.3 is 0 Å². The molecule has 1 rings (SSSR count). The molecule has 2 nitrogen and oxygen atoms in total. The van der Waals surface area contributed by atoms with Crippen molar-refractivity contribution in [1.82, 2.24) is 0 Å². The molecule has 0 spiro atoms. The van der Waals surface area contributed by atoms with E-state index in [1.54, 1.807) is 0 Å². The van der Waals surface area contributed by atoms with Gasteiger partial charge in [-0.05, 0) is 15.9 Å². The number of hydrogen-bond acceptors (Lipinski definition) is 2. The first-order valence-electron chi connectivity index (χ1n) is 3.68. The molecule has 1 aromatic carbocycles. The number of benzene rings is 1. The first-order chi connectivity index (χ1) is 6.49.